The third-order valence-corrected chi connectivity index (χ3v) is 5.04. The first-order valence-electron chi connectivity index (χ1n) is 8.47. The van der Waals surface area contributed by atoms with Crippen molar-refractivity contribution in [3.63, 3.8) is 0 Å². The van der Waals surface area contributed by atoms with Gasteiger partial charge in [0, 0.05) is 18.6 Å². The molecule has 2 aromatic heterocycles. The SMILES string of the molecule is c1cc2nnc(C3CC3)n2nc1NC1CCOC(C2CC2)C1. The monoisotopic (exact) mass is 299 g/mol. The maximum atomic E-state index is 5.90. The van der Waals surface area contributed by atoms with Crippen LogP contribution in [0.15, 0.2) is 12.1 Å². The molecule has 1 N–H and O–H groups in total. The summed E-state index contributed by atoms with van der Waals surface area (Å²) in [6.07, 6.45) is 7.71. The second-order valence-corrected chi connectivity index (χ2v) is 6.93. The summed E-state index contributed by atoms with van der Waals surface area (Å²) < 4.78 is 7.82. The van der Waals surface area contributed by atoms with Gasteiger partial charge in [-0.15, -0.1) is 15.3 Å². The molecule has 3 aliphatic rings. The number of fused-ring (bicyclic) bond motifs is 1. The minimum absolute atomic E-state index is 0.451. The molecule has 2 aromatic rings. The Bertz CT molecular complexity index is 691. The second-order valence-electron chi connectivity index (χ2n) is 6.93. The highest BCUT2D eigenvalue weighted by Gasteiger charge is 2.36. The van der Waals surface area contributed by atoms with Crippen molar-refractivity contribution in [1.29, 1.82) is 0 Å². The van der Waals surface area contributed by atoms with Crippen LogP contribution in [0.1, 0.15) is 50.3 Å². The van der Waals surface area contributed by atoms with Gasteiger partial charge < -0.3 is 10.1 Å². The van der Waals surface area contributed by atoms with Crippen LogP contribution >= 0.6 is 0 Å². The van der Waals surface area contributed by atoms with Gasteiger partial charge in [0.2, 0.25) is 0 Å². The van der Waals surface area contributed by atoms with Crippen LogP contribution in [0.2, 0.25) is 0 Å². The van der Waals surface area contributed by atoms with E-state index in [1.54, 1.807) is 0 Å². The zero-order chi connectivity index (χ0) is 14.5. The third-order valence-electron chi connectivity index (χ3n) is 5.04. The Labute approximate surface area is 129 Å². The summed E-state index contributed by atoms with van der Waals surface area (Å²) >= 11 is 0. The van der Waals surface area contributed by atoms with Gasteiger partial charge in [-0.25, -0.2) is 0 Å². The van der Waals surface area contributed by atoms with Crippen LogP contribution in [0, 0.1) is 5.92 Å². The van der Waals surface area contributed by atoms with Crippen molar-refractivity contribution in [2.75, 3.05) is 11.9 Å². The number of rotatable bonds is 4. The molecule has 116 valence electrons. The Morgan fingerprint density at radius 1 is 1.09 bits per heavy atom. The van der Waals surface area contributed by atoms with Crippen LogP contribution in [0.25, 0.3) is 5.65 Å². The van der Waals surface area contributed by atoms with Gasteiger partial charge >= 0.3 is 0 Å². The van der Waals surface area contributed by atoms with E-state index in [0.29, 0.717) is 18.1 Å². The van der Waals surface area contributed by atoms with Crippen molar-refractivity contribution in [3.05, 3.63) is 18.0 Å². The number of nitrogens with zero attached hydrogens (tertiary/aromatic N) is 4. The quantitative estimate of drug-likeness (QED) is 0.939. The highest BCUT2D eigenvalue weighted by Crippen LogP contribution is 2.39. The van der Waals surface area contributed by atoms with Crippen LogP contribution in [0.4, 0.5) is 5.82 Å². The number of hydrogen-bond acceptors (Lipinski definition) is 5. The summed E-state index contributed by atoms with van der Waals surface area (Å²) in [6.45, 7) is 0.862. The minimum atomic E-state index is 0.451. The predicted molar refractivity (Wildman–Crippen MR) is 81.9 cm³/mol. The van der Waals surface area contributed by atoms with Crippen molar-refractivity contribution in [1.82, 2.24) is 19.8 Å². The molecule has 0 bridgehead atoms. The lowest BCUT2D eigenvalue weighted by atomic mass is 10.00. The second kappa shape index (κ2) is 4.91. The average Bonchev–Trinajstić information content (AvgIpc) is 3.45. The zero-order valence-electron chi connectivity index (χ0n) is 12.6. The molecular formula is C16H21N5O. The third kappa shape index (κ3) is 2.35. The van der Waals surface area contributed by atoms with Gasteiger partial charge in [-0.05, 0) is 56.6 Å². The summed E-state index contributed by atoms with van der Waals surface area (Å²) in [5.74, 6) is 3.30. The molecule has 3 heterocycles. The number of nitrogens with one attached hydrogen (secondary N) is 1. The lowest BCUT2D eigenvalue weighted by Crippen LogP contribution is -2.35. The smallest absolute Gasteiger partial charge is 0.178 e. The fraction of sp³-hybridized carbons (Fsp3) is 0.688. The maximum absolute atomic E-state index is 5.90. The fourth-order valence-electron chi connectivity index (χ4n) is 3.44. The summed E-state index contributed by atoms with van der Waals surface area (Å²) in [5, 5.41) is 16.8. The van der Waals surface area contributed by atoms with Crippen molar-refractivity contribution in [2.24, 2.45) is 5.92 Å². The Kier molecular flexibility index (Phi) is 2.86. The van der Waals surface area contributed by atoms with E-state index >= 15 is 0 Å². The highest BCUT2D eigenvalue weighted by atomic mass is 16.5. The van der Waals surface area contributed by atoms with Gasteiger partial charge in [-0.3, -0.25) is 0 Å². The van der Waals surface area contributed by atoms with E-state index in [2.05, 4.69) is 15.5 Å². The van der Waals surface area contributed by atoms with Crippen molar-refractivity contribution in [3.8, 4) is 0 Å². The van der Waals surface area contributed by atoms with Crippen molar-refractivity contribution in [2.45, 2.75) is 56.6 Å². The molecule has 6 nitrogen and oxygen atoms in total. The molecule has 22 heavy (non-hydrogen) atoms. The van der Waals surface area contributed by atoms with E-state index in [1.165, 1.54) is 25.7 Å². The predicted octanol–water partition coefficient (Wildman–Crippen LogP) is 2.37. The van der Waals surface area contributed by atoms with Crippen LogP contribution in [-0.2, 0) is 4.74 Å². The van der Waals surface area contributed by atoms with E-state index < -0.39 is 0 Å². The number of anilines is 1. The largest absolute Gasteiger partial charge is 0.378 e. The summed E-state index contributed by atoms with van der Waals surface area (Å²) in [6, 6.07) is 4.49. The molecule has 1 saturated heterocycles. The number of ether oxygens (including phenoxy) is 1. The molecule has 5 rings (SSSR count). The molecule has 0 radical (unpaired) electrons. The summed E-state index contributed by atoms with van der Waals surface area (Å²) in [7, 11) is 0. The normalized spacial score (nSPS) is 28.9. The molecule has 3 fully saturated rings. The van der Waals surface area contributed by atoms with Crippen LogP contribution in [-0.4, -0.2) is 38.6 Å². The van der Waals surface area contributed by atoms with E-state index in [9.17, 15) is 0 Å². The molecule has 0 spiro atoms. The highest BCUT2D eigenvalue weighted by molar-refractivity contribution is 5.45. The summed E-state index contributed by atoms with van der Waals surface area (Å²) in [4.78, 5) is 0. The molecular weight excluding hydrogens is 278 g/mol. The first kappa shape index (κ1) is 12.8. The number of aromatic nitrogens is 4. The van der Waals surface area contributed by atoms with Crippen LogP contribution in [0.5, 0.6) is 0 Å². The van der Waals surface area contributed by atoms with E-state index in [0.717, 1.165) is 42.7 Å². The van der Waals surface area contributed by atoms with Crippen LogP contribution in [0.3, 0.4) is 0 Å². The molecule has 2 atom stereocenters. The van der Waals surface area contributed by atoms with Crippen molar-refractivity contribution < 1.29 is 4.74 Å². The molecule has 0 aromatic carbocycles. The van der Waals surface area contributed by atoms with E-state index in [4.69, 9.17) is 9.84 Å². The van der Waals surface area contributed by atoms with Gasteiger partial charge in [0.1, 0.15) is 5.82 Å². The zero-order valence-corrected chi connectivity index (χ0v) is 12.6. The van der Waals surface area contributed by atoms with Gasteiger partial charge in [-0.2, -0.15) is 4.52 Å². The Hall–Kier alpha value is -1.69. The molecule has 2 saturated carbocycles. The van der Waals surface area contributed by atoms with Crippen molar-refractivity contribution >= 4 is 11.5 Å². The maximum Gasteiger partial charge on any atom is 0.178 e. The topological polar surface area (TPSA) is 64.3 Å². The lowest BCUT2D eigenvalue weighted by molar-refractivity contribution is -0.00224. The minimum Gasteiger partial charge on any atom is -0.378 e. The summed E-state index contributed by atoms with van der Waals surface area (Å²) in [5.41, 5.74) is 0.843. The fourth-order valence-corrected chi connectivity index (χ4v) is 3.44. The Morgan fingerprint density at radius 3 is 2.82 bits per heavy atom. The first-order chi connectivity index (χ1) is 10.9. The molecule has 0 amide bonds. The van der Waals surface area contributed by atoms with Gasteiger partial charge in [0.05, 0.1) is 6.10 Å². The molecule has 2 unspecified atom stereocenters. The first-order valence-corrected chi connectivity index (χ1v) is 8.47. The lowest BCUT2D eigenvalue weighted by Gasteiger charge is -2.30. The number of hydrogen-bond donors (Lipinski definition) is 1. The van der Waals surface area contributed by atoms with Gasteiger partial charge in [0.25, 0.3) is 0 Å². The molecule has 2 aliphatic carbocycles. The Balaban J connectivity index is 1.35. The van der Waals surface area contributed by atoms with Crippen LogP contribution < -0.4 is 5.32 Å². The average molecular weight is 299 g/mol. The Morgan fingerprint density at radius 2 is 2.00 bits per heavy atom. The standard InChI is InChI=1S/C16H21N5O/c1-2-10(1)13-9-12(7-8-22-13)17-14-5-6-15-18-19-16(11-3-4-11)21(15)20-14/h5-6,10-13H,1-4,7-9H2,(H,17,20). The molecule has 1 aliphatic heterocycles. The molecule has 6 heteroatoms. The van der Waals surface area contributed by atoms with Gasteiger partial charge in [0.15, 0.2) is 11.5 Å². The van der Waals surface area contributed by atoms with E-state index in [1.807, 2.05) is 16.6 Å². The van der Waals surface area contributed by atoms with E-state index in [-0.39, 0.29) is 0 Å². The van der Waals surface area contributed by atoms with Gasteiger partial charge in [-0.1, -0.05) is 0 Å².